The molecule has 0 saturated carbocycles. The van der Waals surface area contributed by atoms with Gasteiger partial charge in [-0.3, -0.25) is 4.79 Å². The number of nitrogens with two attached hydrogens (primary N) is 1. The number of nitrogens with zero attached hydrogens (tertiary/aromatic N) is 2. The minimum absolute atomic E-state index is 0.118. The van der Waals surface area contributed by atoms with Gasteiger partial charge in [-0.25, -0.2) is 0 Å². The fourth-order valence-electron chi connectivity index (χ4n) is 3.36. The van der Waals surface area contributed by atoms with E-state index in [1.54, 1.807) is 0 Å². The number of amides is 1. The van der Waals surface area contributed by atoms with Gasteiger partial charge < -0.3 is 15.2 Å². The van der Waals surface area contributed by atoms with Crippen molar-refractivity contribution in [3.8, 4) is 5.69 Å². The molecule has 122 valence electrons. The van der Waals surface area contributed by atoms with Crippen LogP contribution in [0.4, 0.5) is 0 Å². The van der Waals surface area contributed by atoms with E-state index >= 15 is 0 Å². The standard InChI is InChI=1S/C18H22BrN3O/c1-12-9-15(18(23)21-8-7-14(10-20)11-21)13(2)22(12)17-6-4-3-5-16(17)19/h3-6,9,14H,7-8,10-11,20H2,1-2H3. The van der Waals surface area contributed by atoms with Crippen LogP contribution in [0.25, 0.3) is 5.69 Å². The van der Waals surface area contributed by atoms with Crippen molar-refractivity contribution in [1.82, 2.24) is 9.47 Å². The highest BCUT2D eigenvalue weighted by Gasteiger charge is 2.28. The number of hydrogen-bond donors (Lipinski definition) is 1. The highest BCUT2D eigenvalue weighted by atomic mass is 79.9. The molecule has 2 N–H and O–H groups in total. The second-order valence-corrected chi connectivity index (χ2v) is 7.07. The quantitative estimate of drug-likeness (QED) is 0.894. The van der Waals surface area contributed by atoms with Gasteiger partial charge in [0.2, 0.25) is 0 Å². The lowest BCUT2D eigenvalue weighted by molar-refractivity contribution is 0.0787. The van der Waals surface area contributed by atoms with Crippen LogP contribution in [0.15, 0.2) is 34.8 Å². The number of benzene rings is 1. The molecule has 0 aliphatic carbocycles. The largest absolute Gasteiger partial charge is 0.338 e. The summed E-state index contributed by atoms with van der Waals surface area (Å²) in [6.45, 7) is 6.28. The van der Waals surface area contributed by atoms with Gasteiger partial charge in [-0.1, -0.05) is 12.1 Å². The lowest BCUT2D eigenvalue weighted by Gasteiger charge is -2.17. The maximum Gasteiger partial charge on any atom is 0.255 e. The minimum atomic E-state index is 0.118. The first-order valence-electron chi connectivity index (χ1n) is 7.96. The normalized spacial score (nSPS) is 17.7. The second kappa shape index (κ2) is 6.49. The number of likely N-dealkylation sites (tertiary alicyclic amines) is 1. The molecule has 3 rings (SSSR count). The van der Waals surface area contributed by atoms with Crippen molar-refractivity contribution in [2.75, 3.05) is 19.6 Å². The molecule has 4 nitrogen and oxygen atoms in total. The molecule has 0 radical (unpaired) electrons. The smallest absolute Gasteiger partial charge is 0.255 e. The summed E-state index contributed by atoms with van der Waals surface area (Å²) in [5.41, 5.74) is 9.63. The van der Waals surface area contributed by atoms with Crippen molar-refractivity contribution in [1.29, 1.82) is 0 Å². The molecule has 2 aromatic rings. The predicted molar refractivity (Wildman–Crippen MR) is 96.0 cm³/mol. The van der Waals surface area contributed by atoms with E-state index in [0.29, 0.717) is 12.5 Å². The molecule has 1 aromatic heterocycles. The molecule has 1 aromatic carbocycles. The Morgan fingerprint density at radius 1 is 1.35 bits per heavy atom. The summed E-state index contributed by atoms with van der Waals surface area (Å²) in [4.78, 5) is 14.8. The first-order chi connectivity index (χ1) is 11.0. The highest BCUT2D eigenvalue weighted by Crippen LogP contribution is 2.28. The van der Waals surface area contributed by atoms with Gasteiger partial charge in [0.05, 0.1) is 11.3 Å². The van der Waals surface area contributed by atoms with Crippen LogP contribution in [0.3, 0.4) is 0 Å². The zero-order valence-electron chi connectivity index (χ0n) is 13.6. The summed E-state index contributed by atoms with van der Waals surface area (Å²) in [6.07, 6.45) is 1.01. The summed E-state index contributed by atoms with van der Waals surface area (Å²) in [6, 6.07) is 10.1. The number of halogens is 1. The molecular formula is C18H22BrN3O. The Morgan fingerprint density at radius 3 is 2.74 bits per heavy atom. The summed E-state index contributed by atoms with van der Waals surface area (Å²) in [7, 11) is 0. The number of rotatable bonds is 3. The molecule has 1 aliphatic heterocycles. The van der Waals surface area contributed by atoms with Crippen LogP contribution in [-0.4, -0.2) is 35.0 Å². The monoisotopic (exact) mass is 375 g/mol. The zero-order chi connectivity index (χ0) is 16.6. The third-order valence-electron chi connectivity index (χ3n) is 4.66. The molecule has 1 aliphatic rings. The van der Waals surface area contributed by atoms with E-state index in [0.717, 1.165) is 46.6 Å². The van der Waals surface area contributed by atoms with Crippen LogP contribution in [-0.2, 0) is 0 Å². The van der Waals surface area contributed by atoms with Gasteiger partial charge in [0.1, 0.15) is 0 Å². The number of aromatic nitrogens is 1. The van der Waals surface area contributed by atoms with Crippen molar-refractivity contribution in [3.05, 3.63) is 51.8 Å². The number of hydrogen-bond acceptors (Lipinski definition) is 2. The van der Waals surface area contributed by atoms with Gasteiger partial charge in [-0.2, -0.15) is 0 Å². The van der Waals surface area contributed by atoms with Crippen molar-refractivity contribution < 1.29 is 4.79 Å². The minimum Gasteiger partial charge on any atom is -0.338 e. The topological polar surface area (TPSA) is 51.3 Å². The third-order valence-corrected chi connectivity index (χ3v) is 5.33. The highest BCUT2D eigenvalue weighted by molar-refractivity contribution is 9.10. The number of carbonyl (C=O) groups excluding carboxylic acids is 1. The molecule has 1 unspecified atom stereocenters. The summed E-state index contributed by atoms with van der Waals surface area (Å²) >= 11 is 3.60. The van der Waals surface area contributed by atoms with Gasteiger partial charge in [0.25, 0.3) is 5.91 Å². The molecule has 1 saturated heterocycles. The van der Waals surface area contributed by atoms with Gasteiger partial charge in [-0.15, -0.1) is 0 Å². The van der Waals surface area contributed by atoms with E-state index in [-0.39, 0.29) is 5.91 Å². The second-order valence-electron chi connectivity index (χ2n) is 6.21. The summed E-state index contributed by atoms with van der Waals surface area (Å²) in [5.74, 6) is 0.554. The van der Waals surface area contributed by atoms with E-state index in [9.17, 15) is 4.79 Å². The van der Waals surface area contributed by atoms with Gasteiger partial charge >= 0.3 is 0 Å². The average molecular weight is 376 g/mol. The van der Waals surface area contributed by atoms with Crippen molar-refractivity contribution >= 4 is 21.8 Å². The van der Waals surface area contributed by atoms with Crippen LogP contribution in [0.2, 0.25) is 0 Å². The maximum absolute atomic E-state index is 12.9. The van der Waals surface area contributed by atoms with Crippen LogP contribution in [0, 0.1) is 19.8 Å². The SMILES string of the molecule is Cc1cc(C(=O)N2CCC(CN)C2)c(C)n1-c1ccccc1Br. The van der Waals surface area contributed by atoms with E-state index in [1.807, 2.05) is 43.0 Å². The van der Waals surface area contributed by atoms with Crippen molar-refractivity contribution in [2.45, 2.75) is 20.3 Å². The molecule has 23 heavy (non-hydrogen) atoms. The van der Waals surface area contributed by atoms with Crippen LogP contribution in [0.5, 0.6) is 0 Å². The Bertz CT molecular complexity index is 738. The predicted octanol–water partition coefficient (Wildman–Crippen LogP) is 3.28. The zero-order valence-corrected chi connectivity index (χ0v) is 15.1. The Kier molecular flexibility index (Phi) is 4.60. The number of para-hydroxylation sites is 1. The van der Waals surface area contributed by atoms with E-state index in [2.05, 4.69) is 26.6 Å². The molecule has 2 heterocycles. The van der Waals surface area contributed by atoms with Crippen LogP contribution in [0.1, 0.15) is 28.2 Å². The Hall–Kier alpha value is -1.59. The number of carbonyl (C=O) groups is 1. The van der Waals surface area contributed by atoms with Gasteiger partial charge in [0.15, 0.2) is 0 Å². The molecule has 0 bridgehead atoms. The molecule has 1 amide bonds. The fourth-order valence-corrected chi connectivity index (χ4v) is 3.83. The van der Waals surface area contributed by atoms with Crippen molar-refractivity contribution in [3.63, 3.8) is 0 Å². The Labute approximate surface area is 145 Å². The van der Waals surface area contributed by atoms with E-state index in [4.69, 9.17) is 5.73 Å². The molecule has 5 heteroatoms. The molecule has 0 spiro atoms. The van der Waals surface area contributed by atoms with Gasteiger partial charge in [0, 0.05) is 29.0 Å². The van der Waals surface area contributed by atoms with Gasteiger partial charge in [-0.05, 0) is 66.9 Å². The summed E-state index contributed by atoms with van der Waals surface area (Å²) < 4.78 is 3.15. The Balaban J connectivity index is 1.95. The first kappa shape index (κ1) is 16.3. The third kappa shape index (κ3) is 2.95. The average Bonchev–Trinajstić information content (AvgIpc) is 3.13. The van der Waals surface area contributed by atoms with E-state index < -0.39 is 0 Å². The van der Waals surface area contributed by atoms with Crippen LogP contribution < -0.4 is 5.73 Å². The van der Waals surface area contributed by atoms with Crippen molar-refractivity contribution in [2.24, 2.45) is 11.7 Å². The lowest BCUT2D eigenvalue weighted by Crippen LogP contribution is -2.30. The maximum atomic E-state index is 12.9. The molecular weight excluding hydrogens is 354 g/mol. The Morgan fingerprint density at radius 2 is 2.09 bits per heavy atom. The molecule has 1 atom stereocenters. The number of aryl methyl sites for hydroxylation is 1. The first-order valence-corrected chi connectivity index (χ1v) is 8.75. The fraction of sp³-hybridized carbons (Fsp3) is 0.389. The van der Waals surface area contributed by atoms with E-state index in [1.165, 1.54) is 0 Å². The molecule has 1 fully saturated rings. The van der Waals surface area contributed by atoms with Crippen LogP contribution >= 0.6 is 15.9 Å². The summed E-state index contributed by atoms with van der Waals surface area (Å²) in [5, 5.41) is 0. The lowest BCUT2D eigenvalue weighted by atomic mass is 10.1.